The van der Waals surface area contributed by atoms with E-state index in [1.165, 1.54) is 5.56 Å². The zero-order valence-corrected chi connectivity index (χ0v) is 15.7. The van der Waals surface area contributed by atoms with E-state index in [0.29, 0.717) is 17.3 Å². The first kappa shape index (κ1) is 18.0. The lowest BCUT2D eigenvalue weighted by Gasteiger charge is -2.28. The van der Waals surface area contributed by atoms with Gasteiger partial charge in [-0.25, -0.2) is 0 Å². The van der Waals surface area contributed by atoms with Gasteiger partial charge < -0.3 is 10.6 Å². The molecule has 1 aromatic heterocycles. The Bertz CT molecular complexity index is 768. The van der Waals surface area contributed by atoms with Gasteiger partial charge in [0, 0.05) is 22.7 Å². The van der Waals surface area contributed by atoms with E-state index < -0.39 is 11.8 Å². The van der Waals surface area contributed by atoms with Gasteiger partial charge in [0.05, 0.1) is 0 Å². The van der Waals surface area contributed by atoms with Crippen molar-refractivity contribution >= 4 is 40.4 Å². The third-order valence-corrected chi connectivity index (χ3v) is 6.01. The molecule has 6 heteroatoms. The Morgan fingerprint density at radius 2 is 1.96 bits per heavy atom. The molecule has 0 unspecified atom stereocenters. The van der Waals surface area contributed by atoms with Crippen LogP contribution in [0, 0.1) is 6.92 Å². The molecule has 2 N–H and O–H groups in total. The first-order chi connectivity index (χ1) is 12.0. The van der Waals surface area contributed by atoms with Gasteiger partial charge in [0.25, 0.3) is 0 Å². The summed E-state index contributed by atoms with van der Waals surface area (Å²) in [5.41, 5.74) is 2.66. The van der Waals surface area contributed by atoms with Crippen molar-refractivity contribution in [3.63, 3.8) is 0 Å². The molecule has 0 spiro atoms. The van der Waals surface area contributed by atoms with E-state index in [-0.39, 0.29) is 5.41 Å². The van der Waals surface area contributed by atoms with E-state index in [4.69, 9.17) is 11.6 Å². The number of rotatable bonds is 4. The van der Waals surface area contributed by atoms with Crippen LogP contribution in [0.25, 0.3) is 0 Å². The molecular weight excluding hydrogens is 356 g/mol. The van der Waals surface area contributed by atoms with Gasteiger partial charge in [-0.1, -0.05) is 30.5 Å². The molecule has 0 bridgehead atoms. The van der Waals surface area contributed by atoms with Crippen LogP contribution >= 0.6 is 22.9 Å². The van der Waals surface area contributed by atoms with Gasteiger partial charge >= 0.3 is 11.8 Å². The van der Waals surface area contributed by atoms with Crippen molar-refractivity contribution in [2.24, 2.45) is 0 Å². The molecule has 4 nitrogen and oxygen atoms in total. The van der Waals surface area contributed by atoms with Gasteiger partial charge in [0.2, 0.25) is 0 Å². The number of aryl methyl sites for hydroxylation is 1. The molecule has 0 saturated heterocycles. The van der Waals surface area contributed by atoms with E-state index >= 15 is 0 Å². The largest absolute Gasteiger partial charge is 0.347 e. The summed E-state index contributed by atoms with van der Waals surface area (Å²) in [7, 11) is 0. The standard InChI is InChI=1S/C19H21ClN2O2S/c1-13-4-5-15(10-16(13)20)22-18(24)17(23)21-12-19(7-2-3-8-19)14-6-9-25-11-14/h4-6,9-11H,2-3,7-8,12H2,1H3,(H,21,23)(H,22,24). The number of halogens is 1. The highest BCUT2D eigenvalue weighted by atomic mass is 35.5. The SMILES string of the molecule is Cc1ccc(NC(=O)C(=O)NCC2(c3ccsc3)CCCC2)cc1Cl. The Morgan fingerprint density at radius 1 is 1.20 bits per heavy atom. The van der Waals surface area contributed by atoms with Crippen molar-refractivity contribution in [3.05, 3.63) is 51.2 Å². The minimum atomic E-state index is -0.668. The van der Waals surface area contributed by atoms with Crippen LogP contribution in [0.15, 0.2) is 35.0 Å². The molecule has 1 aromatic carbocycles. The number of carbonyl (C=O) groups is 2. The van der Waals surface area contributed by atoms with Gasteiger partial charge in [-0.3, -0.25) is 9.59 Å². The van der Waals surface area contributed by atoms with Crippen molar-refractivity contribution < 1.29 is 9.59 Å². The summed E-state index contributed by atoms with van der Waals surface area (Å²) in [5, 5.41) is 10.2. The maximum absolute atomic E-state index is 12.2. The van der Waals surface area contributed by atoms with E-state index in [0.717, 1.165) is 31.2 Å². The predicted octanol–water partition coefficient (Wildman–Crippen LogP) is 4.28. The molecule has 1 heterocycles. The molecule has 0 atom stereocenters. The molecule has 1 fully saturated rings. The molecule has 2 amide bonds. The highest BCUT2D eigenvalue weighted by molar-refractivity contribution is 7.08. The zero-order chi connectivity index (χ0) is 17.9. The van der Waals surface area contributed by atoms with Crippen LogP contribution in [-0.2, 0) is 15.0 Å². The van der Waals surface area contributed by atoms with E-state index in [1.54, 1.807) is 29.5 Å². The quantitative estimate of drug-likeness (QED) is 0.782. The molecule has 0 radical (unpaired) electrons. The lowest BCUT2D eigenvalue weighted by molar-refractivity contribution is -0.136. The summed E-state index contributed by atoms with van der Waals surface area (Å²) < 4.78 is 0. The fourth-order valence-electron chi connectivity index (χ4n) is 3.37. The fraction of sp³-hybridized carbons (Fsp3) is 0.368. The highest BCUT2D eigenvalue weighted by Crippen LogP contribution is 2.41. The minimum Gasteiger partial charge on any atom is -0.347 e. The second-order valence-electron chi connectivity index (χ2n) is 6.60. The smallest absolute Gasteiger partial charge is 0.313 e. The number of amides is 2. The van der Waals surface area contributed by atoms with Crippen LogP contribution in [0.3, 0.4) is 0 Å². The van der Waals surface area contributed by atoms with E-state index in [1.807, 2.05) is 6.92 Å². The Labute approximate surface area is 156 Å². The highest BCUT2D eigenvalue weighted by Gasteiger charge is 2.36. The van der Waals surface area contributed by atoms with Crippen LogP contribution in [-0.4, -0.2) is 18.4 Å². The van der Waals surface area contributed by atoms with Crippen molar-refractivity contribution in [1.82, 2.24) is 5.32 Å². The number of benzene rings is 1. The van der Waals surface area contributed by atoms with Crippen molar-refractivity contribution in [2.75, 3.05) is 11.9 Å². The maximum atomic E-state index is 12.2. The molecule has 3 rings (SSSR count). The second-order valence-corrected chi connectivity index (χ2v) is 7.79. The van der Waals surface area contributed by atoms with Crippen LogP contribution < -0.4 is 10.6 Å². The molecular formula is C19H21ClN2O2S. The van der Waals surface area contributed by atoms with E-state index in [2.05, 4.69) is 27.5 Å². The number of anilines is 1. The minimum absolute atomic E-state index is 0.0386. The van der Waals surface area contributed by atoms with Gasteiger partial charge in [-0.2, -0.15) is 11.3 Å². The molecule has 132 valence electrons. The summed E-state index contributed by atoms with van der Waals surface area (Å²) in [6.07, 6.45) is 4.39. The number of hydrogen-bond donors (Lipinski definition) is 2. The van der Waals surface area contributed by atoms with Crippen LogP contribution in [0.5, 0.6) is 0 Å². The van der Waals surface area contributed by atoms with Crippen LogP contribution in [0.1, 0.15) is 36.8 Å². The molecule has 1 saturated carbocycles. The van der Waals surface area contributed by atoms with Crippen LogP contribution in [0.2, 0.25) is 5.02 Å². The molecule has 25 heavy (non-hydrogen) atoms. The van der Waals surface area contributed by atoms with Gasteiger partial charge in [0.15, 0.2) is 0 Å². The number of nitrogens with one attached hydrogen (secondary N) is 2. The molecule has 1 aliphatic rings. The Balaban J connectivity index is 1.61. The second kappa shape index (κ2) is 7.58. The molecule has 0 aliphatic heterocycles. The van der Waals surface area contributed by atoms with Crippen molar-refractivity contribution in [1.29, 1.82) is 0 Å². The van der Waals surface area contributed by atoms with Crippen LogP contribution in [0.4, 0.5) is 5.69 Å². The lowest BCUT2D eigenvalue weighted by Crippen LogP contribution is -2.43. The zero-order valence-electron chi connectivity index (χ0n) is 14.1. The first-order valence-electron chi connectivity index (χ1n) is 8.38. The number of carbonyl (C=O) groups excluding carboxylic acids is 2. The normalized spacial score (nSPS) is 15.8. The molecule has 2 aromatic rings. The summed E-state index contributed by atoms with van der Waals surface area (Å²) in [5.74, 6) is -1.28. The van der Waals surface area contributed by atoms with E-state index in [9.17, 15) is 9.59 Å². The Morgan fingerprint density at radius 3 is 2.60 bits per heavy atom. The van der Waals surface area contributed by atoms with Gasteiger partial charge in [-0.05, 0) is 59.9 Å². The van der Waals surface area contributed by atoms with Crippen molar-refractivity contribution in [2.45, 2.75) is 38.0 Å². The maximum Gasteiger partial charge on any atom is 0.313 e. The summed E-state index contributed by atoms with van der Waals surface area (Å²) in [6, 6.07) is 7.30. The lowest BCUT2D eigenvalue weighted by atomic mass is 9.80. The topological polar surface area (TPSA) is 58.2 Å². The van der Waals surface area contributed by atoms with Gasteiger partial charge in [-0.15, -0.1) is 0 Å². The van der Waals surface area contributed by atoms with Crippen molar-refractivity contribution in [3.8, 4) is 0 Å². The Hall–Kier alpha value is -1.85. The average molecular weight is 377 g/mol. The summed E-state index contributed by atoms with van der Waals surface area (Å²) in [6.45, 7) is 2.37. The third-order valence-electron chi connectivity index (χ3n) is 4.92. The summed E-state index contributed by atoms with van der Waals surface area (Å²) >= 11 is 7.71. The predicted molar refractivity (Wildman–Crippen MR) is 102 cm³/mol. The number of thiophene rings is 1. The number of hydrogen-bond acceptors (Lipinski definition) is 3. The summed E-state index contributed by atoms with van der Waals surface area (Å²) in [4.78, 5) is 24.4. The van der Waals surface area contributed by atoms with Gasteiger partial charge in [0.1, 0.15) is 0 Å². The molecule has 1 aliphatic carbocycles. The average Bonchev–Trinajstić information content (AvgIpc) is 3.27. The monoisotopic (exact) mass is 376 g/mol. The Kier molecular flexibility index (Phi) is 5.45. The first-order valence-corrected chi connectivity index (χ1v) is 9.70. The third kappa shape index (κ3) is 4.05. The fourth-order valence-corrected chi connectivity index (χ4v) is 4.33.